The van der Waals surface area contributed by atoms with Gasteiger partial charge in [0.1, 0.15) is 5.01 Å². The van der Waals surface area contributed by atoms with E-state index in [2.05, 4.69) is 58.9 Å². The van der Waals surface area contributed by atoms with Crippen LogP contribution >= 0.6 is 11.3 Å². The molecule has 150 valence electrons. The number of nitrogens with one attached hydrogen (secondary N) is 2. The number of rotatable bonds is 3. The average Bonchev–Trinajstić information content (AvgIpc) is 3.32. The molecule has 0 bridgehead atoms. The van der Waals surface area contributed by atoms with Crippen molar-refractivity contribution in [2.75, 3.05) is 38.1 Å². The molecule has 1 saturated carbocycles. The van der Waals surface area contributed by atoms with Crippen LogP contribution < -0.4 is 15.8 Å². The lowest BCUT2D eigenvalue weighted by molar-refractivity contribution is 0.307. The number of hydrogen-bond donors (Lipinski definition) is 2. The Morgan fingerprint density at radius 1 is 1.00 bits per heavy atom. The van der Waals surface area contributed by atoms with Crippen molar-refractivity contribution in [1.82, 2.24) is 20.7 Å². The number of nitrogens with zero attached hydrogens (tertiary/aromatic N) is 3. The van der Waals surface area contributed by atoms with E-state index in [1.165, 1.54) is 46.8 Å². The fourth-order valence-corrected chi connectivity index (χ4v) is 6.07. The van der Waals surface area contributed by atoms with Gasteiger partial charge in [0.2, 0.25) is 0 Å². The molecular formula is C22H31N5S. The Bertz CT molecular complexity index is 809. The second-order valence-electron chi connectivity index (χ2n) is 8.62. The number of benzene rings is 1. The van der Waals surface area contributed by atoms with Crippen LogP contribution in [-0.4, -0.2) is 49.2 Å². The summed E-state index contributed by atoms with van der Waals surface area (Å²) < 4.78 is 0. The van der Waals surface area contributed by atoms with Crippen molar-refractivity contribution in [2.24, 2.45) is 5.92 Å². The first-order valence-corrected chi connectivity index (χ1v) is 11.5. The van der Waals surface area contributed by atoms with E-state index in [-0.39, 0.29) is 0 Å². The van der Waals surface area contributed by atoms with Gasteiger partial charge in [-0.1, -0.05) is 25.0 Å². The lowest BCUT2D eigenvalue weighted by atomic mass is 9.82. The smallest absolute Gasteiger partial charge is 0.112 e. The maximum atomic E-state index is 5.10. The number of aromatic nitrogens is 1. The molecule has 3 fully saturated rings. The summed E-state index contributed by atoms with van der Waals surface area (Å²) in [6, 6.07) is 10.0. The molecule has 2 N–H and O–H groups in total. The van der Waals surface area contributed by atoms with Gasteiger partial charge < -0.3 is 9.80 Å². The van der Waals surface area contributed by atoms with E-state index in [1.807, 2.05) is 11.3 Å². The number of hydrogen-bond acceptors (Lipinski definition) is 6. The first-order chi connectivity index (χ1) is 13.7. The van der Waals surface area contributed by atoms with E-state index >= 15 is 0 Å². The Kier molecular flexibility index (Phi) is 5.13. The Balaban J connectivity index is 1.34. The van der Waals surface area contributed by atoms with Crippen molar-refractivity contribution >= 4 is 17.0 Å². The van der Waals surface area contributed by atoms with Gasteiger partial charge in [0, 0.05) is 48.3 Å². The number of hydrazine groups is 1. The van der Waals surface area contributed by atoms with Gasteiger partial charge in [0.05, 0.1) is 11.7 Å². The number of piperazine rings is 1. The predicted molar refractivity (Wildman–Crippen MR) is 117 cm³/mol. The van der Waals surface area contributed by atoms with Crippen molar-refractivity contribution in [3.05, 3.63) is 34.2 Å². The van der Waals surface area contributed by atoms with E-state index in [9.17, 15) is 0 Å². The van der Waals surface area contributed by atoms with E-state index in [4.69, 9.17) is 4.98 Å². The first kappa shape index (κ1) is 18.6. The second-order valence-corrected chi connectivity index (χ2v) is 9.85. The third-order valence-electron chi connectivity index (χ3n) is 6.76. The quantitative estimate of drug-likeness (QED) is 0.829. The van der Waals surface area contributed by atoms with Crippen LogP contribution in [0.4, 0.5) is 5.69 Å². The lowest BCUT2D eigenvalue weighted by Crippen LogP contribution is -2.44. The summed E-state index contributed by atoms with van der Waals surface area (Å²) in [4.78, 5) is 11.3. The van der Waals surface area contributed by atoms with Gasteiger partial charge in [-0.2, -0.15) is 0 Å². The summed E-state index contributed by atoms with van der Waals surface area (Å²) in [5.74, 6) is 0.687. The molecule has 6 heteroatoms. The first-order valence-electron chi connectivity index (χ1n) is 10.7. The number of anilines is 1. The maximum Gasteiger partial charge on any atom is 0.112 e. The number of aryl methyl sites for hydroxylation is 1. The summed E-state index contributed by atoms with van der Waals surface area (Å²) in [7, 11) is 2.20. The fourth-order valence-electron chi connectivity index (χ4n) is 5.00. The molecular weight excluding hydrogens is 366 g/mol. The van der Waals surface area contributed by atoms with Crippen LogP contribution in [0.3, 0.4) is 0 Å². The highest BCUT2D eigenvalue weighted by Gasteiger charge is 2.39. The molecule has 2 saturated heterocycles. The number of thiazole rings is 1. The van der Waals surface area contributed by atoms with E-state index in [0.717, 1.165) is 31.9 Å². The van der Waals surface area contributed by atoms with Crippen molar-refractivity contribution in [1.29, 1.82) is 0 Å². The zero-order valence-electron chi connectivity index (χ0n) is 16.9. The highest BCUT2D eigenvalue weighted by atomic mass is 32.1. The van der Waals surface area contributed by atoms with Gasteiger partial charge in [-0.3, -0.25) is 5.43 Å². The topological polar surface area (TPSA) is 43.4 Å². The SMILES string of the molecule is Cc1sc(C2NNC3CCCCC32)nc1-c1ccc(N2CCN(C)CC2)cc1. The minimum atomic E-state index is 0.368. The molecule has 0 amide bonds. The summed E-state index contributed by atoms with van der Waals surface area (Å²) >= 11 is 1.87. The zero-order chi connectivity index (χ0) is 19.1. The lowest BCUT2D eigenvalue weighted by Gasteiger charge is -2.34. The standard InChI is InChI=1S/C22H31N5S/c1-15-20(16-7-9-17(10-8-16)27-13-11-26(2)12-14-27)23-22(28-15)21-18-5-3-4-6-19(18)24-25-21/h7-10,18-19,21,24-25H,3-6,11-14H2,1-2H3. The molecule has 28 heavy (non-hydrogen) atoms. The van der Waals surface area contributed by atoms with Crippen LogP contribution in [0.5, 0.6) is 0 Å². The zero-order valence-corrected chi connectivity index (χ0v) is 17.8. The average molecular weight is 398 g/mol. The number of fused-ring (bicyclic) bond motifs is 1. The van der Waals surface area contributed by atoms with E-state index in [1.54, 1.807) is 0 Å². The van der Waals surface area contributed by atoms with Crippen LogP contribution in [0.1, 0.15) is 41.6 Å². The summed E-state index contributed by atoms with van der Waals surface area (Å²) in [5.41, 5.74) is 10.8. The molecule has 3 atom stereocenters. The molecule has 2 aromatic rings. The summed E-state index contributed by atoms with van der Waals surface area (Å²) in [5, 5.41) is 1.25. The minimum absolute atomic E-state index is 0.368. The minimum Gasteiger partial charge on any atom is -0.369 e. The normalized spacial score (nSPS) is 28.5. The van der Waals surface area contributed by atoms with Gasteiger partial charge in [-0.15, -0.1) is 11.3 Å². The fraction of sp³-hybridized carbons (Fsp3) is 0.591. The molecule has 1 aromatic carbocycles. The Labute approximate surface area is 172 Å². The predicted octanol–water partition coefficient (Wildman–Crippen LogP) is 3.58. The van der Waals surface area contributed by atoms with Crippen molar-refractivity contribution in [2.45, 2.75) is 44.7 Å². The second kappa shape index (κ2) is 7.75. The molecule has 1 aliphatic carbocycles. The van der Waals surface area contributed by atoms with Gasteiger partial charge in [-0.25, -0.2) is 10.4 Å². The van der Waals surface area contributed by atoms with Crippen LogP contribution in [0.2, 0.25) is 0 Å². The van der Waals surface area contributed by atoms with Crippen molar-refractivity contribution in [3.8, 4) is 11.3 Å². The summed E-state index contributed by atoms with van der Waals surface area (Å²) in [6.45, 7) is 6.71. The molecule has 1 aromatic heterocycles. The van der Waals surface area contributed by atoms with Crippen LogP contribution in [0.15, 0.2) is 24.3 Å². The molecule has 3 aliphatic rings. The molecule has 3 heterocycles. The molecule has 0 radical (unpaired) electrons. The van der Waals surface area contributed by atoms with E-state index in [0.29, 0.717) is 18.0 Å². The van der Waals surface area contributed by atoms with Crippen molar-refractivity contribution < 1.29 is 0 Å². The summed E-state index contributed by atoms with van der Waals surface area (Å²) in [6.07, 6.45) is 5.30. The third kappa shape index (κ3) is 3.47. The number of likely N-dealkylation sites (N-methyl/N-ethyl adjacent to an activating group) is 1. The Hall–Kier alpha value is -1.47. The van der Waals surface area contributed by atoms with Crippen LogP contribution in [0.25, 0.3) is 11.3 Å². The van der Waals surface area contributed by atoms with Crippen LogP contribution in [0, 0.1) is 12.8 Å². The van der Waals surface area contributed by atoms with Gasteiger partial charge in [0.15, 0.2) is 0 Å². The maximum absolute atomic E-state index is 5.10. The van der Waals surface area contributed by atoms with Crippen molar-refractivity contribution in [3.63, 3.8) is 0 Å². The molecule has 0 spiro atoms. The third-order valence-corrected chi connectivity index (χ3v) is 7.81. The molecule has 5 nitrogen and oxygen atoms in total. The molecule has 3 unspecified atom stereocenters. The van der Waals surface area contributed by atoms with Crippen LogP contribution in [-0.2, 0) is 0 Å². The largest absolute Gasteiger partial charge is 0.369 e. The van der Waals surface area contributed by atoms with Gasteiger partial charge in [0.25, 0.3) is 0 Å². The highest BCUT2D eigenvalue weighted by molar-refractivity contribution is 7.12. The van der Waals surface area contributed by atoms with E-state index < -0.39 is 0 Å². The van der Waals surface area contributed by atoms with Gasteiger partial charge in [-0.05, 0) is 44.9 Å². The highest BCUT2D eigenvalue weighted by Crippen LogP contribution is 2.41. The monoisotopic (exact) mass is 397 g/mol. The molecule has 5 rings (SSSR count). The Morgan fingerprint density at radius 2 is 1.75 bits per heavy atom. The Morgan fingerprint density at radius 3 is 2.54 bits per heavy atom. The molecule has 2 aliphatic heterocycles. The van der Waals surface area contributed by atoms with Gasteiger partial charge >= 0.3 is 0 Å².